The van der Waals surface area contributed by atoms with Gasteiger partial charge in [-0.15, -0.1) is 0 Å². The van der Waals surface area contributed by atoms with Crippen molar-refractivity contribution < 1.29 is 18.7 Å². The number of amides is 1. The zero-order valence-electron chi connectivity index (χ0n) is 24.4. The van der Waals surface area contributed by atoms with Crippen molar-refractivity contribution in [2.24, 2.45) is 11.0 Å². The molecule has 2 aliphatic rings. The highest BCUT2D eigenvalue weighted by Crippen LogP contribution is 2.44. The van der Waals surface area contributed by atoms with Gasteiger partial charge in [0, 0.05) is 21.5 Å². The summed E-state index contributed by atoms with van der Waals surface area (Å²) in [5.74, 6) is -0.895. The first-order chi connectivity index (χ1) is 22.3. The molecule has 1 aliphatic carbocycles. The Labute approximate surface area is 274 Å². The molecule has 0 bridgehead atoms. The van der Waals surface area contributed by atoms with E-state index in [1.807, 2.05) is 36.4 Å². The van der Waals surface area contributed by atoms with Crippen molar-refractivity contribution in [3.63, 3.8) is 0 Å². The summed E-state index contributed by atoms with van der Waals surface area (Å²) in [7, 11) is 0. The fraction of sp³-hybridized carbons (Fsp3) is 0.167. The highest BCUT2D eigenvalue weighted by atomic mass is 35.5. The van der Waals surface area contributed by atoms with Gasteiger partial charge >= 0.3 is 5.97 Å². The molecule has 0 radical (unpaired) electrons. The number of hydrogen-bond acceptors (Lipinski definition) is 5. The zero-order chi connectivity index (χ0) is 31.8. The molecule has 0 saturated heterocycles. The lowest BCUT2D eigenvalue weighted by molar-refractivity contribution is -0.137. The van der Waals surface area contributed by atoms with E-state index in [1.54, 1.807) is 42.5 Å². The van der Waals surface area contributed by atoms with E-state index in [0.29, 0.717) is 32.5 Å². The molecule has 7 nitrogen and oxygen atoms in total. The Kier molecular flexibility index (Phi) is 8.15. The molecular weight excluding hydrogens is 626 g/mol. The maximum atomic E-state index is 13.7. The van der Waals surface area contributed by atoms with E-state index < -0.39 is 18.5 Å². The van der Waals surface area contributed by atoms with Crippen LogP contribution in [0.5, 0.6) is 0 Å². The summed E-state index contributed by atoms with van der Waals surface area (Å²) in [6, 6.07) is 25.6. The fourth-order valence-electron chi connectivity index (χ4n) is 6.12. The minimum absolute atomic E-state index is 0.0220. The molecule has 5 aromatic rings. The summed E-state index contributed by atoms with van der Waals surface area (Å²) < 4.78 is 18.9. The van der Waals surface area contributed by atoms with Gasteiger partial charge in [0.1, 0.15) is 11.6 Å². The van der Waals surface area contributed by atoms with Gasteiger partial charge in [0.15, 0.2) is 6.61 Å². The molecule has 1 saturated carbocycles. The van der Waals surface area contributed by atoms with Crippen LogP contribution in [0.25, 0.3) is 28.5 Å². The highest BCUT2D eigenvalue weighted by molar-refractivity contribution is 6.30. The van der Waals surface area contributed by atoms with Crippen LogP contribution in [-0.4, -0.2) is 39.2 Å². The molecule has 10 heteroatoms. The number of benzene rings is 4. The molecule has 230 valence electrons. The van der Waals surface area contributed by atoms with Crippen LogP contribution in [0.15, 0.2) is 102 Å². The zero-order valence-corrected chi connectivity index (χ0v) is 25.9. The number of imidazole rings is 1. The minimum atomic E-state index is -0.649. The van der Waals surface area contributed by atoms with Crippen molar-refractivity contribution in [3.05, 3.63) is 129 Å². The molecule has 2 heterocycles. The van der Waals surface area contributed by atoms with Crippen LogP contribution in [0.2, 0.25) is 10.0 Å². The minimum Gasteiger partial charge on any atom is -0.452 e. The van der Waals surface area contributed by atoms with Gasteiger partial charge in [0.2, 0.25) is 0 Å². The molecule has 2 atom stereocenters. The van der Waals surface area contributed by atoms with Gasteiger partial charge in [-0.1, -0.05) is 47.5 Å². The standard InChI is InChI=1S/C36H27Cl2FN4O3/c37-26-11-4-21(5-12-26)18-24-2-1-3-29-33(24)42-43(34(29)22-6-13-27(38)14-7-22)32(44)20-46-36(45)25-10-17-30-31(19-25)41-35(40-30)23-8-15-28(39)16-9-23/h4-19,29,34H,1-3,20H2,(H,40,41)/b24-18-. The number of carbonyl (C=O) groups excluding carboxylic acids is 2. The smallest absolute Gasteiger partial charge is 0.338 e. The number of hydrazone groups is 1. The van der Waals surface area contributed by atoms with Crippen LogP contribution >= 0.6 is 23.2 Å². The molecule has 4 aromatic carbocycles. The van der Waals surface area contributed by atoms with E-state index in [2.05, 4.69) is 16.0 Å². The number of aromatic nitrogens is 2. The quantitative estimate of drug-likeness (QED) is 0.186. The lowest BCUT2D eigenvalue weighted by atomic mass is 9.77. The monoisotopic (exact) mass is 652 g/mol. The van der Waals surface area contributed by atoms with E-state index in [9.17, 15) is 14.0 Å². The third-order valence-electron chi connectivity index (χ3n) is 8.34. The number of nitrogens with zero attached hydrogens (tertiary/aromatic N) is 3. The molecule has 1 N–H and O–H groups in total. The van der Waals surface area contributed by atoms with E-state index in [0.717, 1.165) is 41.7 Å². The van der Waals surface area contributed by atoms with E-state index >= 15 is 0 Å². The molecule has 46 heavy (non-hydrogen) atoms. The van der Waals surface area contributed by atoms with Crippen molar-refractivity contribution in [1.29, 1.82) is 0 Å². The summed E-state index contributed by atoms with van der Waals surface area (Å²) in [6.45, 7) is -0.482. The summed E-state index contributed by atoms with van der Waals surface area (Å²) in [5.41, 5.74) is 6.06. The summed E-state index contributed by atoms with van der Waals surface area (Å²) in [6.07, 6.45) is 4.74. The maximum Gasteiger partial charge on any atom is 0.338 e. The third kappa shape index (κ3) is 6.06. The average molecular weight is 654 g/mol. The summed E-state index contributed by atoms with van der Waals surface area (Å²) in [4.78, 5) is 34.5. The number of aromatic amines is 1. The van der Waals surface area contributed by atoms with Gasteiger partial charge in [0.05, 0.1) is 28.4 Å². The van der Waals surface area contributed by atoms with Crippen LogP contribution in [0.3, 0.4) is 0 Å². The first kappa shape index (κ1) is 29.9. The highest BCUT2D eigenvalue weighted by Gasteiger charge is 2.43. The Morgan fingerprint density at radius 2 is 1.67 bits per heavy atom. The van der Waals surface area contributed by atoms with Crippen LogP contribution in [-0.2, 0) is 9.53 Å². The average Bonchev–Trinajstić information content (AvgIpc) is 3.68. The molecule has 1 aliphatic heterocycles. The number of H-pyrrole nitrogens is 1. The SMILES string of the molecule is O=C(OCC(=O)N1N=C2/C(=C\c3ccc(Cl)cc3)CCCC2C1c1ccc(Cl)cc1)c1ccc2nc(-c3ccc(F)cc3)[nH]c2c1. The van der Waals surface area contributed by atoms with Crippen molar-refractivity contribution in [2.45, 2.75) is 25.3 Å². The van der Waals surface area contributed by atoms with Crippen molar-refractivity contribution in [3.8, 4) is 11.4 Å². The number of nitrogens with one attached hydrogen (secondary N) is 1. The topological polar surface area (TPSA) is 87.7 Å². The number of esters is 1. The number of halogens is 3. The Hall–Kier alpha value is -4.79. The Bertz CT molecular complexity index is 2000. The van der Waals surface area contributed by atoms with Crippen molar-refractivity contribution >= 4 is 57.9 Å². The van der Waals surface area contributed by atoms with E-state index in [4.69, 9.17) is 33.0 Å². The van der Waals surface area contributed by atoms with Crippen LogP contribution in [0.1, 0.15) is 46.8 Å². The van der Waals surface area contributed by atoms with Crippen molar-refractivity contribution in [1.82, 2.24) is 15.0 Å². The predicted octanol–water partition coefficient (Wildman–Crippen LogP) is 8.66. The molecule has 1 aromatic heterocycles. The van der Waals surface area contributed by atoms with Gasteiger partial charge < -0.3 is 9.72 Å². The number of rotatable bonds is 6. The molecule has 1 amide bonds. The van der Waals surface area contributed by atoms with Gasteiger partial charge in [-0.3, -0.25) is 4.79 Å². The predicted molar refractivity (Wildman–Crippen MR) is 177 cm³/mol. The van der Waals surface area contributed by atoms with Crippen molar-refractivity contribution in [2.75, 3.05) is 6.61 Å². The number of carbonyl (C=O) groups is 2. The van der Waals surface area contributed by atoms with Crippen LogP contribution in [0, 0.1) is 11.7 Å². The molecule has 2 unspecified atom stereocenters. The maximum absolute atomic E-state index is 13.7. The van der Waals surface area contributed by atoms with Gasteiger partial charge in [-0.05, 0) is 109 Å². The molecular formula is C36H27Cl2FN4O3. The van der Waals surface area contributed by atoms with Crippen LogP contribution in [0.4, 0.5) is 4.39 Å². The van der Waals surface area contributed by atoms with Gasteiger partial charge in [-0.2, -0.15) is 5.10 Å². The number of hydrogen-bond donors (Lipinski definition) is 1. The van der Waals surface area contributed by atoms with Crippen LogP contribution < -0.4 is 0 Å². The number of ether oxygens (including phenoxy) is 1. The first-order valence-corrected chi connectivity index (χ1v) is 15.6. The number of fused-ring (bicyclic) bond motifs is 2. The Morgan fingerprint density at radius 3 is 2.41 bits per heavy atom. The summed E-state index contributed by atoms with van der Waals surface area (Å²) in [5, 5.41) is 7.58. The Morgan fingerprint density at radius 1 is 0.957 bits per heavy atom. The lowest BCUT2D eigenvalue weighted by Gasteiger charge is -2.29. The third-order valence-corrected chi connectivity index (χ3v) is 8.85. The fourth-order valence-corrected chi connectivity index (χ4v) is 6.37. The lowest BCUT2D eigenvalue weighted by Crippen LogP contribution is -2.34. The molecule has 0 spiro atoms. The second kappa shape index (κ2) is 12.5. The summed E-state index contributed by atoms with van der Waals surface area (Å²) >= 11 is 12.3. The molecule has 7 rings (SSSR count). The largest absolute Gasteiger partial charge is 0.452 e. The second-order valence-corrected chi connectivity index (χ2v) is 12.2. The first-order valence-electron chi connectivity index (χ1n) is 14.9. The second-order valence-electron chi connectivity index (χ2n) is 11.3. The van der Waals surface area contributed by atoms with Gasteiger partial charge in [-0.25, -0.2) is 19.2 Å². The van der Waals surface area contributed by atoms with Gasteiger partial charge in [0.25, 0.3) is 5.91 Å². The Balaban J connectivity index is 1.12. The van der Waals surface area contributed by atoms with E-state index in [-0.39, 0.29) is 23.3 Å². The van der Waals surface area contributed by atoms with E-state index in [1.165, 1.54) is 17.1 Å². The normalized spacial score (nSPS) is 18.5. The molecule has 1 fully saturated rings. The number of allylic oxidation sites excluding steroid dienone is 1.